The Morgan fingerprint density at radius 1 is 1.30 bits per heavy atom. The molecule has 27 heavy (non-hydrogen) atoms. The highest BCUT2D eigenvalue weighted by molar-refractivity contribution is 5.93. The van der Waals surface area contributed by atoms with E-state index in [4.69, 9.17) is 10.4 Å². The third-order valence-electron chi connectivity index (χ3n) is 3.60. The third kappa shape index (κ3) is 4.39. The van der Waals surface area contributed by atoms with Gasteiger partial charge in [0.1, 0.15) is 11.7 Å². The van der Waals surface area contributed by atoms with Crippen molar-refractivity contribution in [2.45, 2.75) is 19.2 Å². The summed E-state index contributed by atoms with van der Waals surface area (Å²) >= 11 is 0. The second kappa shape index (κ2) is 7.43. The first-order valence-corrected chi connectivity index (χ1v) is 7.43. The number of rotatable bonds is 3. The van der Waals surface area contributed by atoms with Gasteiger partial charge in [-0.2, -0.15) is 18.4 Å². The number of aliphatic hydroxyl groups is 1. The van der Waals surface area contributed by atoms with Crippen LogP contribution in [0.15, 0.2) is 36.4 Å². The number of carbonyl (C=O) groups excluding carboxylic acids is 1. The lowest BCUT2D eigenvalue weighted by Crippen LogP contribution is -2.24. The van der Waals surface area contributed by atoms with Crippen molar-refractivity contribution in [2.75, 3.05) is 5.32 Å². The maximum atomic E-state index is 12.6. The number of carbonyl (C=O) groups is 1. The Morgan fingerprint density at radius 3 is 2.30 bits per heavy atom. The first-order chi connectivity index (χ1) is 12.5. The minimum absolute atomic E-state index is 0.288. The highest BCUT2D eigenvalue weighted by Gasteiger charge is 2.38. The summed E-state index contributed by atoms with van der Waals surface area (Å²) in [4.78, 5) is 20.4. The molecule has 1 amide bonds. The molecule has 0 aromatic heterocycles. The van der Waals surface area contributed by atoms with E-state index in [0.717, 1.165) is 23.8 Å². The minimum atomic E-state index is -4.92. The predicted molar refractivity (Wildman–Crippen MR) is 87.2 cm³/mol. The van der Waals surface area contributed by atoms with Crippen molar-refractivity contribution in [3.05, 3.63) is 68.1 Å². The van der Waals surface area contributed by atoms with Crippen LogP contribution in [-0.2, 0) is 11.0 Å². The molecule has 2 aliphatic carbocycles. The van der Waals surface area contributed by atoms with Crippen molar-refractivity contribution in [1.29, 1.82) is 5.26 Å². The van der Waals surface area contributed by atoms with E-state index in [0.29, 0.717) is 12.1 Å². The van der Waals surface area contributed by atoms with Crippen LogP contribution in [0, 0.1) is 31.9 Å². The Bertz CT molecular complexity index is 1040. The number of amides is 1. The molecule has 7 nitrogen and oxygen atoms in total. The number of halogens is 3. The summed E-state index contributed by atoms with van der Waals surface area (Å²) in [5.41, 5.74) is -2.03. The zero-order chi connectivity index (χ0) is 20.4. The molecule has 0 heterocycles. The number of nitrogens with one attached hydrogen (secondary N) is 1. The molecule has 2 N–H and O–H groups in total. The highest BCUT2D eigenvalue weighted by Crippen LogP contribution is 2.37. The van der Waals surface area contributed by atoms with Gasteiger partial charge in [-0.3, -0.25) is 14.9 Å². The van der Waals surface area contributed by atoms with E-state index >= 15 is 0 Å². The molecule has 0 fully saturated rings. The van der Waals surface area contributed by atoms with Gasteiger partial charge in [-0.25, -0.2) is 0 Å². The predicted octanol–water partition coefficient (Wildman–Crippen LogP) is 3.09. The molecule has 0 saturated heterocycles. The minimum Gasteiger partial charge on any atom is -0.384 e. The number of nitro groups is 1. The molecule has 3 rings (SSSR count). The van der Waals surface area contributed by atoms with Gasteiger partial charge in [0.05, 0.1) is 16.6 Å². The highest BCUT2D eigenvalue weighted by atomic mass is 19.4. The molecule has 1 unspecified atom stereocenters. The topological polar surface area (TPSA) is 116 Å². The summed E-state index contributed by atoms with van der Waals surface area (Å²) < 4.78 is 37.9. The van der Waals surface area contributed by atoms with Crippen LogP contribution in [-0.4, -0.2) is 22.0 Å². The lowest BCUT2D eigenvalue weighted by atomic mass is 10.0. The second-order valence-corrected chi connectivity index (χ2v) is 5.52. The third-order valence-corrected chi connectivity index (χ3v) is 3.60. The number of aliphatic hydroxyl groups excluding tert-OH is 1. The largest absolute Gasteiger partial charge is 0.423 e. The molecule has 0 bridgehead atoms. The summed E-state index contributed by atoms with van der Waals surface area (Å²) in [6.07, 6.45) is -6.34. The molecule has 1 atom stereocenters. The van der Waals surface area contributed by atoms with Crippen LogP contribution in [0.2, 0.25) is 0 Å². The number of nitro benzene ring substituents is 1. The maximum Gasteiger partial charge on any atom is 0.423 e. The van der Waals surface area contributed by atoms with Gasteiger partial charge in [0.2, 0.25) is 0 Å². The second-order valence-electron chi connectivity index (χ2n) is 5.52. The summed E-state index contributed by atoms with van der Waals surface area (Å²) in [5, 5.41) is 32.1. The zero-order valence-electron chi connectivity index (χ0n) is 13.7. The Kier molecular flexibility index (Phi) is 5.47. The molecule has 0 radical (unpaired) electrons. The zero-order valence-corrected chi connectivity index (χ0v) is 13.7. The van der Waals surface area contributed by atoms with Gasteiger partial charge in [-0.1, -0.05) is 12.1 Å². The molecule has 0 aliphatic heterocycles. The van der Waals surface area contributed by atoms with E-state index in [2.05, 4.69) is 6.07 Å². The van der Waals surface area contributed by atoms with Crippen LogP contribution in [0.3, 0.4) is 0 Å². The average Bonchev–Trinajstić information content (AvgIpc) is 2.56. The van der Waals surface area contributed by atoms with Gasteiger partial charge < -0.3 is 10.4 Å². The first-order valence-electron chi connectivity index (χ1n) is 7.43. The van der Waals surface area contributed by atoms with Crippen molar-refractivity contribution >= 4 is 17.3 Å². The molecule has 1 aromatic carbocycles. The fraction of sp³-hybridized carbons (Fsp3) is 0.176. The molecule has 1 aromatic rings. The molecular weight excluding hydrogens is 367 g/mol. The van der Waals surface area contributed by atoms with Crippen molar-refractivity contribution in [3.8, 4) is 6.07 Å². The van der Waals surface area contributed by atoms with E-state index in [9.17, 15) is 28.1 Å². The molecule has 10 heteroatoms. The summed E-state index contributed by atoms with van der Waals surface area (Å²) in [6, 6.07) is 9.99. The van der Waals surface area contributed by atoms with E-state index in [1.807, 2.05) is 23.5 Å². The molecule has 2 aliphatic rings. The van der Waals surface area contributed by atoms with E-state index in [-0.39, 0.29) is 5.69 Å². The average molecular weight is 379 g/mol. The van der Waals surface area contributed by atoms with Gasteiger partial charge in [-0.15, -0.1) is 0 Å². The van der Waals surface area contributed by atoms with E-state index < -0.39 is 34.4 Å². The van der Waals surface area contributed by atoms with Gasteiger partial charge >= 0.3 is 6.18 Å². The quantitative estimate of drug-likeness (QED) is 0.536. The number of nitrogens with zero attached hydrogens (tertiary/aromatic N) is 2. The lowest BCUT2D eigenvalue weighted by molar-refractivity contribution is -0.388. The van der Waals surface area contributed by atoms with Gasteiger partial charge in [0.25, 0.3) is 11.6 Å². The SMILES string of the molecule is CC(O)C(=O)Nc1ccc([N+](=O)[O-])c(C(F)(F)F)c1.N#Cc1cc2ccc1=2. The number of benzene rings is 2. The fourth-order valence-corrected chi connectivity index (χ4v) is 2.13. The molecule has 0 spiro atoms. The Morgan fingerprint density at radius 2 is 1.96 bits per heavy atom. The van der Waals surface area contributed by atoms with Gasteiger partial charge in [0.15, 0.2) is 0 Å². The molecule has 140 valence electrons. The summed E-state index contributed by atoms with van der Waals surface area (Å²) in [7, 11) is 0. The van der Waals surface area contributed by atoms with Crippen LogP contribution in [0.4, 0.5) is 24.5 Å². The first kappa shape index (κ1) is 19.9. The fourth-order valence-electron chi connectivity index (χ4n) is 2.13. The van der Waals surface area contributed by atoms with Crippen LogP contribution >= 0.6 is 0 Å². The Hall–Kier alpha value is -3.45. The Labute approximate surface area is 150 Å². The number of anilines is 1. The van der Waals surface area contributed by atoms with Crippen LogP contribution in [0.5, 0.6) is 0 Å². The van der Waals surface area contributed by atoms with Crippen molar-refractivity contribution in [1.82, 2.24) is 0 Å². The van der Waals surface area contributed by atoms with Crippen molar-refractivity contribution < 1.29 is 28.0 Å². The smallest absolute Gasteiger partial charge is 0.384 e. The van der Waals surface area contributed by atoms with Gasteiger partial charge in [0, 0.05) is 11.8 Å². The van der Waals surface area contributed by atoms with Crippen molar-refractivity contribution in [2.24, 2.45) is 0 Å². The number of nitriles is 1. The van der Waals surface area contributed by atoms with E-state index in [1.54, 1.807) is 0 Å². The lowest BCUT2D eigenvalue weighted by Gasteiger charge is -2.11. The van der Waals surface area contributed by atoms with Crippen LogP contribution in [0.25, 0.3) is 0 Å². The number of hydrogen-bond acceptors (Lipinski definition) is 5. The normalized spacial score (nSPS) is 12.1. The summed E-state index contributed by atoms with van der Waals surface area (Å²) in [6.45, 7) is 1.13. The number of alkyl halides is 3. The molecule has 0 saturated carbocycles. The van der Waals surface area contributed by atoms with Gasteiger partial charge in [-0.05, 0) is 35.6 Å². The van der Waals surface area contributed by atoms with E-state index in [1.165, 1.54) is 5.22 Å². The van der Waals surface area contributed by atoms with Crippen LogP contribution < -0.4 is 5.32 Å². The standard InChI is InChI=1S/C10H9F3N2O4.C7H3N/c1-5(16)9(17)14-6-2-3-8(15(18)19)7(4-6)10(11,12)13;8-4-6-3-5-1-2-7(5)6/h2-5,16H,1H3,(H,14,17);1-3H. The monoisotopic (exact) mass is 379 g/mol. The van der Waals surface area contributed by atoms with Crippen LogP contribution in [0.1, 0.15) is 18.1 Å². The van der Waals surface area contributed by atoms with Crippen molar-refractivity contribution in [3.63, 3.8) is 0 Å². The molecular formula is C17H12F3N3O4. The maximum absolute atomic E-state index is 12.6. The number of hydrogen-bond donors (Lipinski definition) is 2. The Balaban J connectivity index is 0.000000266. The summed E-state index contributed by atoms with van der Waals surface area (Å²) in [5.74, 6) is -0.915.